The minimum atomic E-state index is 0.0173. The van der Waals surface area contributed by atoms with Crippen molar-refractivity contribution >= 4 is 21.7 Å². The first-order valence-electron chi connectivity index (χ1n) is 6.59. The molecular weight excluding hydrogens is 300 g/mol. The van der Waals surface area contributed by atoms with Gasteiger partial charge in [-0.15, -0.1) is 0 Å². The van der Waals surface area contributed by atoms with E-state index in [9.17, 15) is 4.79 Å². The number of fused-ring (bicyclic) bond motifs is 1. The third kappa shape index (κ3) is 2.64. The lowest BCUT2D eigenvalue weighted by atomic mass is 9.79. The van der Waals surface area contributed by atoms with E-state index in [-0.39, 0.29) is 5.92 Å². The average Bonchev–Trinajstić information content (AvgIpc) is 2.43. The molecule has 1 atom stereocenters. The second-order valence-corrected chi connectivity index (χ2v) is 5.97. The number of rotatable bonds is 2. The highest BCUT2D eigenvalue weighted by Gasteiger charge is 2.27. The standard InChI is InChI=1S/C17H15BrO/c18-14-8-6-13-7-9-17(19)16(15(13)11-14)10-12-4-2-1-3-5-12/h1-6,8,11,16H,7,9-10H2/t16-/m1/s1. The van der Waals surface area contributed by atoms with E-state index in [2.05, 4.69) is 46.3 Å². The van der Waals surface area contributed by atoms with E-state index < -0.39 is 0 Å². The molecule has 0 N–H and O–H groups in total. The third-order valence-electron chi connectivity index (χ3n) is 3.80. The number of benzene rings is 2. The van der Waals surface area contributed by atoms with Crippen LogP contribution in [0.2, 0.25) is 0 Å². The zero-order valence-corrected chi connectivity index (χ0v) is 12.2. The number of hydrogen-bond donors (Lipinski definition) is 0. The summed E-state index contributed by atoms with van der Waals surface area (Å²) in [4.78, 5) is 12.3. The molecule has 0 saturated carbocycles. The molecule has 1 nitrogen and oxygen atoms in total. The van der Waals surface area contributed by atoms with Crippen molar-refractivity contribution in [3.05, 3.63) is 69.7 Å². The maximum absolute atomic E-state index is 12.3. The second kappa shape index (κ2) is 5.30. The number of halogens is 1. The fourth-order valence-electron chi connectivity index (χ4n) is 2.80. The molecule has 3 rings (SSSR count). The van der Waals surface area contributed by atoms with Gasteiger partial charge in [-0.25, -0.2) is 0 Å². The zero-order valence-electron chi connectivity index (χ0n) is 10.6. The van der Waals surface area contributed by atoms with Gasteiger partial charge in [0.15, 0.2) is 0 Å². The first-order chi connectivity index (χ1) is 9.24. The van der Waals surface area contributed by atoms with Gasteiger partial charge in [0.1, 0.15) is 5.78 Å². The van der Waals surface area contributed by atoms with Gasteiger partial charge < -0.3 is 0 Å². The van der Waals surface area contributed by atoms with Crippen LogP contribution in [0.5, 0.6) is 0 Å². The molecule has 0 saturated heterocycles. The van der Waals surface area contributed by atoms with Gasteiger partial charge in [-0.1, -0.05) is 52.3 Å². The molecule has 2 aromatic carbocycles. The van der Waals surface area contributed by atoms with E-state index in [1.165, 1.54) is 16.7 Å². The van der Waals surface area contributed by atoms with Crippen molar-refractivity contribution in [1.82, 2.24) is 0 Å². The monoisotopic (exact) mass is 314 g/mol. The highest BCUT2D eigenvalue weighted by atomic mass is 79.9. The third-order valence-corrected chi connectivity index (χ3v) is 4.29. The summed E-state index contributed by atoms with van der Waals surface area (Å²) in [6, 6.07) is 16.6. The molecule has 2 heteroatoms. The number of carbonyl (C=O) groups is 1. The SMILES string of the molecule is O=C1CCc2ccc(Br)cc2[C@H]1Cc1ccccc1. The molecule has 96 valence electrons. The number of carbonyl (C=O) groups excluding carboxylic acids is 1. The fraction of sp³-hybridized carbons (Fsp3) is 0.235. The molecule has 0 amide bonds. The van der Waals surface area contributed by atoms with Crippen molar-refractivity contribution in [3.8, 4) is 0 Å². The number of hydrogen-bond acceptors (Lipinski definition) is 1. The van der Waals surface area contributed by atoms with Crippen molar-refractivity contribution in [3.63, 3.8) is 0 Å². The Morgan fingerprint density at radius 2 is 1.84 bits per heavy atom. The Kier molecular flexibility index (Phi) is 3.52. The maximum atomic E-state index is 12.3. The molecule has 0 unspecified atom stereocenters. The van der Waals surface area contributed by atoms with Crippen molar-refractivity contribution in [1.29, 1.82) is 0 Å². The van der Waals surface area contributed by atoms with Crippen molar-refractivity contribution in [2.75, 3.05) is 0 Å². The van der Waals surface area contributed by atoms with E-state index in [0.29, 0.717) is 12.2 Å². The Bertz CT molecular complexity index is 604. The summed E-state index contributed by atoms with van der Waals surface area (Å²) in [7, 11) is 0. The Morgan fingerprint density at radius 3 is 2.63 bits per heavy atom. The van der Waals surface area contributed by atoms with Crippen LogP contribution in [0.1, 0.15) is 29.0 Å². The first kappa shape index (κ1) is 12.6. The lowest BCUT2D eigenvalue weighted by Crippen LogP contribution is -2.22. The number of aryl methyl sites for hydroxylation is 1. The van der Waals surface area contributed by atoms with Gasteiger partial charge in [0.25, 0.3) is 0 Å². The average molecular weight is 315 g/mol. The van der Waals surface area contributed by atoms with Crippen LogP contribution < -0.4 is 0 Å². The van der Waals surface area contributed by atoms with E-state index in [4.69, 9.17) is 0 Å². The van der Waals surface area contributed by atoms with Gasteiger partial charge >= 0.3 is 0 Å². The lowest BCUT2D eigenvalue weighted by Gasteiger charge is -2.24. The van der Waals surface area contributed by atoms with Crippen LogP contribution in [-0.2, 0) is 17.6 Å². The van der Waals surface area contributed by atoms with Crippen LogP contribution in [0.4, 0.5) is 0 Å². The van der Waals surface area contributed by atoms with Crippen molar-refractivity contribution in [2.45, 2.75) is 25.2 Å². The summed E-state index contributed by atoms with van der Waals surface area (Å²) in [5, 5.41) is 0. The van der Waals surface area contributed by atoms with Gasteiger partial charge in [-0.05, 0) is 41.7 Å². The molecule has 0 spiro atoms. The minimum absolute atomic E-state index is 0.0173. The first-order valence-corrected chi connectivity index (χ1v) is 7.38. The van der Waals surface area contributed by atoms with Crippen molar-refractivity contribution in [2.24, 2.45) is 0 Å². The topological polar surface area (TPSA) is 17.1 Å². The van der Waals surface area contributed by atoms with Crippen LogP contribution in [-0.4, -0.2) is 5.78 Å². The summed E-state index contributed by atoms with van der Waals surface area (Å²) >= 11 is 3.51. The van der Waals surface area contributed by atoms with Gasteiger partial charge in [-0.2, -0.15) is 0 Å². The van der Waals surface area contributed by atoms with Gasteiger partial charge in [0, 0.05) is 16.8 Å². The Labute approximate surface area is 121 Å². The van der Waals surface area contributed by atoms with Crippen LogP contribution in [0.25, 0.3) is 0 Å². The van der Waals surface area contributed by atoms with Crippen molar-refractivity contribution < 1.29 is 4.79 Å². The highest BCUT2D eigenvalue weighted by Crippen LogP contribution is 2.33. The fourth-order valence-corrected chi connectivity index (χ4v) is 3.18. The van der Waals surface area contributed by atoms with E-state index >= 15 is 0 Å². The normalized spacial score (nSPS) is 18.2. The molecule has 0 fully saturated rings. The smallest absolute Gasteiger partial charge is 0.141 e. The zero-order chi connectivity index (χ0) is 13.2. The summed E-state index contributed by atoms with van der Waals surface area (Å²) in [6.45, 7) is 0. The second-order valence-electron chi connectivity index (χ2n) is 5.05. The van der Waals surface area contributed by atoms with Crippen LogP contribution in [0.3, 0.4) is 0 Å². The molecule has 0 radical (unpaired) electrons. The number of Topliss-reactive ketones (excluding diaryl/α,β-unsaturated/α-hetero) is 1. The summed E-state index contributed by atoms with van der Waals surface area (Å²) < 4.78 is 1.05. The molecule has 2 aromatic rings. The molecule has 0 aliphatic heterocycles. The van der Waals surface area contributed by atoms with E-state index in [1.807, 2.05) is 18.2 Å². The predicted octanol–water partition coefficient (Wildman–Crippen LogP) is 4.29. The molecule has 1 aliphatic rings. The van der Waals surface area contributed by atoms with Crippen LogP contribution >= 0.6 is 15.9 Å². The molecule has 0 aromatic heterocycles. The van der Waals surface area contributed by atoms with Gasteiger partial charge in [-0.3, -0.25) is 4.79 Å². The molecule has 0 bridgehead atoms. The number of ketones is 1. The van der Waals surface area contributed by atoms with Crippen LogP contribution in [0, 0.1) is 0 Å². The molecular formula is C17H15BrO. The quantitative estimate of drug-likeness (QED) is 0.808. The Morgan fingerprint density at radius 1 is 1.05 bits per heavy atom. The van der Waals surface area contributed by atoms with Gasteiger partial charge in [0.2, 0.25) is 0 Å². The molecule has 0 heterocycles. The maximum Gasteiger partial charge on any atom is 0.141 e. The Hall–Kier alpha value is -1.41. The highest BCUT2D eigenvalue weighted by molar-refractivity contribution is 9.10. The molecule has 1 aliphatic carbocycles. The van der Waals surface area contributed by atoms with Gasteiger partial charge in [0.05, 0.1) is 0 Å². The summed E-state index contributed by atoms with van der Waals surface area (Å²) in [5.41, 5.74) is 3.76. The molecule has 19 heavy (non-hydrogen) atoms. The largest absolute Gasteiger partial charge is 0.299 e. The predicted molar refractivity (Wildman–Crippen MR) is 80.4 cm³/mol. The summed E-state index contributed by atoms with van der Waals surface area (Å²) in [6.07, 6.45) is 2.36. The van der Waals surface area contributed by atoms with Crippen LogP contribution in [0.15, 0.2) is 53.0 Å². The summed E-state index contributed by atoms with van der Waals surface area (Å²) in [5.74, 6) is 0.387. The minimum Gasteiger partial charge on any atom is -0.299 e. The van der Waals surface area contributed by atoms with E-state index in [0.717, 1.165) is 17.3 Å². The Balaban J connectivity index is 1.97. The van der Waals surface area contributed by atoms with E-state index in [1.54, 1.807) is 0 Å². The lowest BCUT2D eigenvalue weighted by molar-refractivity contribution is -0.120.